The maximum absolute atomic E-state index is 12.4. The molecule has 0 radical (unpaired) electrons. The van der Waals surface area contributed by atoms with Gasteiger partial charge in [-0.1, -0.05) is 0 Å². The Balaban J connectivity index is 1.28. The molecule has 3 aliphatic rings. The molecule has 8 heteroatoms. The van der Waals surface area contributed by atoms with Gasteiger partial charge in [0, 0.05) is 45.4 Å². The van der Waals surface area contributed by atoms with Crippen molar-refractivity contribution in [1.29, 1.82) is 0 Å². The molecule has 1 saturated heterocycles. The van der Waals surface area contributed by atoms with E-state index < -0.39 is 12.8 Å². The monoisotopic (exact) mass is 363 g/mol. The predicted octanol–water partition coefficient (Wildman–Crippen LogP) is 2.47. The van der Waals surface area contributed by atoms with Crippen LogP contribution in [0, 0.1) is 11.8 Å². The minimum Gasteiger partial charge on any atom is -0.372 e. The van der Waals surface area contributed by atoms with E-state index in [2.05, 4.69) is 15.0 Å². The second-order valence-electron chi connectivity index (χ2n) is 7.50. The third-order valence-electron chi connectivity index (χ3n) is 5.24. The highest BCUT2D eigenvalue weighted by atomic mass is 19.4. The first-order valence-corrected chi connectivity index (χ1v) is 9.35. The van der Waals surface area contributed by atoms with Crippen LogP contribution in [0.2, 0.25) is 0 Å². The lowest BCUT2D eigenvalue weighted by Gasteiger charge is -2.35. The summed E-state index contributed by atoms with van der Waals surface area (Å²) < 4.78 is 40.5. The van der Waals surface area contributed by atoms with Gasteiger partial charge in [-0.2, -0.15) is 13.2 Å². The molecule has 0 bridgehead atoms. The molecular weight excluding hydrogens is 335 g/mol. The van der Waals surface area contributed by atoms with E-state index in [9.17, 15) is 18.0 Å². The summed E-state index contributed by atoms with van der Waals surface area (Å²) in [5.41, 5.74) is 0. The maximum Gasteiger partial charge on any atom is 0.411 e. The van der Waals surface area contributed by atoms with Gasteiger partial charge in [0.2, 0.25) is 0 Å². The Morgan fingerprint density at radius 1 is 1.08 bits per heavy atom. The largest absolute Gasteiger partial charge is 0.411 e. The van der Waals surface area contributed by atoms with Gasteiger partial charge in [0.25, 0.3) is 0 Å². The summed E-state index contributed by atoms with van der Waals surface area (Å²) in [5, 5.41) is 3.24. The van der Waals surface area contributed by atoms with E-state index in [0.717, 1.165) is 13.1 Å². The summed E-state index contributed by atoms with van der Waals surface area (Å²) in [6.45, 7) is 2.54. The molecule has 0 aromatic carbocycles. The molecule has 1 aliphatic heterocycles. The molecule has 0 atom stereocenters. The smallest absolute Gasteiger partial charge is 0.372 e. The number of hydrogen-bond acceptors (Lipinski definition) is 3. The van der Waals surface area contributed by atoms with Crippen LogP contribution in [0.4, 0.5) is 18.0 Å². The highest BCUT2D eigenvalue weighted by Gasteiger charge is 2.42. The minimum atomic E-state index is -4.25. The Morgan fingerprint density at radius 3 is 2.20 bits per heavy atom. The lowest BCUT2D eigenvalue weighted by atomic mass is 10.1. The van der Waals surface area contributed by atoms with Gasteiger partial charge in [0.15, 0.2) is 0 Å². The van der Waals surface area contributed by atoms with Crippen LogP contribution < -0.4 is 5.32 Å². The van der Waals surface area contributed by atoms with Crippen LogP contribution in [-0.2, 0) is 4.74 Å². The first-order valence-electron chi connectivity index (χ1n) is 9.35. The number of nitrogens with one attached hydrogen (secondary N) is 1. The van der Waals surface area contributed by atoms with E-state index in [1.54, 1.807) is 0 Å². The zero-order valence-corrected chi connectivity index (χ0v) is 14.6. The van der Waals surface area contributed by atoms with Crippen molar-refractivity contribution in [2.75, 3.05) is 45.9 Å². The van der Waals surface area contributed by atoms with Crippen LogP contribution in [0.5, 0.6) is 0 Å². The number of ether oxygens (including phenoxy) is 1. The Morgan fingerprint density at radius 2 is 1.68 bits per heavy atom. The van der Waals surface area contributed by atoms with Crippen LogP contribution in [0.1, 0.15) is 32.1 Å². The van der Waals surface area contributed by atoms with E-state index in [1.165, 1.54) is 25.7 Å². The second-order valence-corrected chi connectivity index (χ2v) is 7.50. The summed E-state index contributed by atoms with van der Waals surface area (Å²) in [5.74, 6) is 1.38. The number of nitrogens with zero attached hydrogens (tertiary/aromatic N) is 2. The van der Waals surface area contributed by atoms with Gasteiger partial charge in [-0.15, -0.1) is 0 Å². The summed E-state index contributed by atoms with van der Waals surface area (Å²) in [6, 6.07) is 0.424. The number of piperazine rings is 1. The molecule has 0 aromatic heterocycles. The quantitative estimate of drug-likeness (QED) is 0.674. The Labute approximate surface area is 146 Å². The lowest BCUT2D eigenvalue weighted by Crippen LogP contribution is -2.54. The molecule has 1 heterocycles. The van der Waals surface area contributed by atoms with Crippen LogP contribution >= 0.6 is 0 Å². The van der Waals surface area contributed by atoms with E-state index in [1.807, 2.05) is 4.90 Å². The summed E-state index contributed by atoms with van der Waals surface area (Å²) in [7, 11) is 0. The predicted molar refractivity (Wildman–Crippen MR) is 87.3 cm³/mol. The minimum absolute atomic E-state index is 0.0527. The van der Waals surface area contributed by atoms with Crippen LogP contribution in [-0.4, -0.2) is 74.0 Å². The molecular formula is C17H28F3N3O2. The number of hydrogen-bond donors (Lipinski definition) is 1. The van der Waals surface area contributed by atoms with Gasteiger partial charge in [0.1, 0.15) is 6.61 Å². The number of carbonyl (C=O) groups is 1. The molecule has 25 heavy (non-hydrogen) atoms. The summed E-state index contributed by atoms with van der Waals surface area (Å²) >= 11 is 0. The zero-order chi connectivity index (χ0) is 17.9. The number of carbonyl (C=O) groups excluding carboxylic acids is 1. The lowest BCUT2D eigenvalue weighted by molar-refractivity contribution is -0.174. The first kappa shape index (κ1) is 18.8. The van der Waals surface area contributed by atoms with Crippen molar-refractivity contribution in [3.63, 3.8) is 0 Å². The number of rotatable bonds is 8. The third kappa shape index (κ3) is 6.33. The highest BCUT2D eigenvalue weighted by molar-refractivity contribution is 5.74. The van der Waals surface area contributed by atoms with Crippen molar-refractivity contribution in [3.8, 4) is 0 Å². The molecule has 0 unspecified atom stereocenters. The fourth-order valence-corrected chi connectivity index (χ4v) is 3.52. The number of alkyl halides is 3. The molecule has 144 valence electrons. The van der Waals surface area contributed by atoms with Gasteiger partial charge in [-0.05, 0) is 43.9 Å². The van der Waals surface area contributed by atoms with Crippen molar-refractivity contribution in [3.05, 3.63) is 0 Å². The van der Waals surface area contributed by atoms with Crippen molar-refractivity contribution >= 4 is 6.03 Å². The normalized spacial score (nSPS) is 22.5. The van der Waals surface area contributed by atoms with E-state index >= 15 is 0 Å². The van der Waals surface area contributed by atoms with Crippen molar-refractivity contribution in [2.24, 2.45) is 11.8 Å². The molecule has 0 aromatic rings. The molecule has 3 rings (SSSR count). The SMILES string of the molecule is O=C(NC(C1CC1)C1CC1)N1CCN(CCCOCC(F)(F)F)CC1. The Hall–Kier alpha value is -1.02. The molecule has 2 amide bonds. The third-order valence-corrected chi connectivity index (χ3v) is 5.24. The molecule has 1 N–H and O–H groups in total. The number of amides is 2. The van der Waals surface area contributed by atoms with Gasteiger partial charge in [-0.3, -0.25) is 4.90 Å². The summed E-state index contributed by atoms with van der Waals surface area (Å²) in [6.07, 6.45) is 1.29. The van der Waals surface area contributed by atoms with E-state index in [-0.39, 0.29) is 12.6 Å². The van der Waals surface area contributed by atoms with E-state index in [4.69, 9.17) is 0 Å². The van der Waals surface area contributed by atoms with Crippen molar-refractivity contribution < 1.29 is 22.7 Å². The van der Waals surface area contributed by atoms with Crippen molar-refractivity contribution in [2.45, 2.75) is 44.3 Å². The highest BCUT2D eigenvalue weighted by Crippen LogP contribution is 2.44. The fraction of sp³-hybridized carbons (Fsp3) is 0.941. The van der Waals surface area contributed by atoms with Gasteiger partial charge < -0.3 is 15.0 Å². The Bertz CT molecular complexity index is 433. The topological polar surface area (TPSA) is 44.8 Å². The second kappa shape index (κ2) is 8.12. The first-order chi connectivity index (χ1) is 11.9. The molecule has 0 spiro atoms. The zero-order valence-electron chi connectivity index (χ0n) is 14.6. The maximum atomic E-state index is 12.4. The van der Waals surface area contributed by atoms with Gasteiger partial charge in [-0.25, -0.2) is 4.79 Å². The van der Waals surface area contributed by atoms with Crippen LogP contribution in [0.15, 0.2) is 0 Å². The Kier molecular flexibility index (Phi) is 6.09. The molecule has 2 aliphatic carbocycles. The van der Waals surface area contributed by atoms with Crippen LogP contribution in [0.25, 0.3) is 0 Å². The van der Waals surface area contributed by atoms with E-state index in [0.29, 0.717) is 43.9 Å². The molecule has 3 fully saturated rings. The number of urea groups is 1. The molecule has 5 nitrogen and oxygen atoms in total. The average molecular weight is 363 g/mol. The summed E-state index contributed by atoms with van der Waals surface area (Å²) in [4.78, 5) is 16.5. The number of halogens is 3. The van der Waals surface area contributed by atoms with Crippen molar-refractivity contribution in [1.82, 2.24) is 15.1 Å². The molecule has 2 saturated carbocycles. The van der Waals surface area contributed by atoms with Gasteiger partial charge >= 0.3 is 12.2 Å². The average Bonchev–Trinajstić information content (AvgIpc) is 3.45. The standard InChI is InChI=1S/C17H28F3N3O2/c18-17(19,20)12-25-11-1-6-22-7-9-23(10-8-22)16(24)21-15(13-2-3-13)14-4-5-14/h13-15H,1-12H2,(H,21,24). The van der Waals surface area contributed by atoms with Crippen LogP contribution in [0.3, 0.4) is 0 Å². The van der Waals surface area contributed by atoms with Gasteiger partial charge in [0.05, 0.1) is 0 Å². The fourth-order valence-electron chi connectivity index (χ4n) is 3.52.